The number of rotatable bonds is 8. The number of hydrogen-bond acceptors (Lipinski definition) is 5. The molecular weight excluding hydrogens is 454 g/mol. The van der Waals surface area contributed by atoms with Gasteiger partial charge in [0.25, 0.3) is 0 Å². The number of anilines is 1. The molecule has 3 aromatic rings. The van der Waals surface area contributed by atoms with E-state index in [1.807, 2.05) is 48.5 Å². The molecule has 0 saturated carbocycles. The van der Waals surface area contributed by atoms with Crippen LogP contribution in [0, 0.1) is 5.92 Å². The van der Waals surface area contributed by atoms with Crippen molar-refractivity contribution in [1.82, 2.24) is 5.43 Å². The van der Waals surface area contributed by atoms with Crippen molar-refractivity contribution in [3.05, 3.63) is 88.9 Å². The number of benzene rings is 3. The number of methoxy groups -OCH3 is 1. The largest absolute Gasteiger partial charge is 0.497 e. The number of nitrogens with zero attached hydrogens (tertiary/aromatic N) is 2. The molecule has 1 heterocycles. The van der Waals surface area contributed by atoms with Crippen LogP contribution in [0.1, 0.15) is 17.5 Å². The molecule has 0 radical (unpaired) electrons. The SMILES string of the molecule is COc1ccc(N2C[C@H](C(=O)N/N=C/c3ccc(OCc4ccc(Cl)cc4)cc3)CC2=O)cc1. The first kappa shape index (κ1) is 23.3. The number of nitrogens with one attached hydrogen (secondary N) is 1. The van der Waals surface area contributed by atoms with E-state index < -0.39 is 5.92 Å². The molecule has 0 aliphatic carbocycles. The number of amides is 2. The van der Waals surface area contributed by atoms with Crippen LogP contribution >= 0.6 is 11.6 Å². The van der Waals surface area contributed by atoms with Crippen molar-refractivity contribution in [3.8, 4) is 11.5 Å². The van der Waals surface area contributed by atoms with Gasteiger partial charge in [0.05, 0.1) is 19.2 Å². The third-order valence-corrected chi connectivity index (χ3v) is 5.72. The van der Waals surface area contributed by atoms with Crippen molar-refractivity contribution in [1.29, 1.82) is 0 Å². The molecule has 1 atom stereocenters. The molecule has 1 N–H and O–H groups in total. The van der Waals surface area contributed by atoms with Crippen molar-refractivity contribution >= 4 is 35.3 Å². The number of halogens is 1. The normalized spacial score (nSPS) is 15.5. The number of hydrazone groups is 1. The van der Waals surface area contributed by atoms with E-state index in [4.69, 9.17) is 21.1 Å². The highest BCUT2D eigenvalue weighted by atomic mass is 35.5. The van der Waals surface area contributed by atoms with E-state index in [2.05, 4.69) is 10.5 Å². The average Bonchev–Trinajstić information content (AvgIpc) is 3.26. The quantitative estimate of drug-likeness (QED) is 0.384. The molecule has 1 fully saturated rings. The molecule has 1 aliphatic heterocycles. The molecular formula is C26H24ClN3O4. The second kappa shape index (κ2) is 10.9. The molecule has 34 heavy (non-hydrogen) atoms. The van der Waals surface area contributed by atoms with Crippen LogP contribution in [0.2, 0.25) is 5.02 Å². The van der Waals surface area contributed by atoms with Crippen LogP contribution in [0.5, 0.6) is 11.5 Å². The van der Waals surface area contributed by atoms with Gasteiger partial charge in [-0.25, -0.2) is 5.43 Å². The highest BCUT2D eigenvalue weighted by Gasteiger charge is 2.35. The van der Waals surface area contributed by atoms with Crippen LogP contribution in [0.4, 0.5) is 5.69 Å². The minimum absolute atomic E-state index is 0.0940. The second-order valence-electron chi connectivity index (χ2n) is 7.82. The van der Waals surface area contributed by atoms with Crippen molar-refractivity contribution in [2.24, 2.45) is 11.0 Å². The number of hydrogen-bond donors (Lipinski definition) is 1. The van der Waals surface area contributed by atoms with Crippen molar-refractivity contribution in [2.75, 3.05) is 18.6 Å². The van der Waals surface area contributed by atoms with Crippen molar-refractivity contribution < 1.29 is 19.1 Å². The monoisotopic (exact) mass is 477 g/mol. The first-order valence-corrected chi connectivity index (χ1v) is 11.1. The molecule has 174 valence electrons. The first-order chi connectivity index (χ1) is 16.5. The van der Waals surface area contributed by atoms with Crippen LogP contribution in [-0.2, 0) is 16.2 Å². The summed E-state index contributed by atoms with van der Waals surface area (Å²) in [5.41, 5.74) is 5.11. The lowest BCUT2D eigenvalue weighted by Gasteiger charge is -2.16. The molecule has 0 spiro atoms. The molecule has 3 aromatic carbocycles. The molecule has 2 amide bonds. The number of carbonyl (C=O) groups excluding carboxylic acids is 2. The Morgan fingerprint density at radius 2 is 1.74 bits per heavy atom. The van der Waals surface area contributed by atoms with E-state index in [0.29, 0.717) is 23.9 Å². The third-order valence-electron chi connectivity index (χ3n) is 5.47. The van der Waals surface area contributed by atoms with Gasteiger partial charge >= 0.3 is 0 Å². The topological polar surface area (TPSA) is 80.2 Å². The van der Waals surface area contributed by atoms with Gasteiger partial charge in [-0.3, -0.25) is 9.59 Å². The maximum atomic E-state index is 12.5. The Balaban J connectivity index is 1.26. The van der Waals surface area contributed by atoms with Gasteiger partial charge in [0.2, 0.25) is 11.8 Å². The molecule has 1 aliphatic rings. The number of ether oxygens (including phenoxy) is 2. The summed E-state index contributed by atoms with van der Waals surface area (Å²) in [6, 6.07) is 22.0. The van der Waals surface area contributed by atoms with Gasteiger partial charge < -0.3 is 14.4 Å². The highest BCUT2D eigenvalue weighted by molar-refractivity contribution is 6.30. The van der Waals surface area contributed by atoms with Gasteiger partial charge in [0, 0.05) is 23.7 Å². The third kappa shape index (κ3) is 5.94. The second-order valence-corrected chi connectivity index (χ2v) is 8.26. The number of carbonyl (C=O) groups is 2. The van der Waals surface area contributed by atoms with Crippen LogP contribution in [0.3, 0.4) is 0 Å². The Labute approximate surface area is 202 Å². The minimum atomic E-state index is -0.463. The Hall–Kier alpha value is -3.84. The van der Waals surface area contributed by atoms with Gasteiger partial charge in [-0.15, -0.1) is 0 Å². The predicted molar refractivity (Wildman–Crippen MR) is 131 cm³/mol. The lowest BCUT2D eigenvalue weighted by molar-refractivity contribution is -0.126. The zero-order chi connectivity index (χ0) is 23.9. The summed E-state index contributed by atoms with van der Waals surface area (Å²) < 4.78 is 10.9. The summed E-state index contributed by atoms with van der Waals surface area (Å²) in [5, 5.41) is 4.73. The Bertz CT molecular complexity index is 1160. The summed E-state index contributed by atoms with van der Waals surface area (Å²) >= 11 is 5.89. The molecule has 7 nitrogen and oxygen atoms in total. The zero-order valence-corrected chi connectivity index (χ0v) is 19.4. The fourth-order valence-corrected chi connectivity index (χ4v) is 3.68. The lowest BCUT2D eigenvalue weighted by Crippen LogP contribution is -2.30. The summed E-state index contributed by atoms with van der Waals surface area (Å²) in [6.45, 7) is 0.750. The fraction of sp³-hybridized carbons (Fsp3) is 0.192. The van der Waals surface area contributed by atoms with Crippen LogP contribution in [0.15, 0.2) is 77.9 Å². The molecule has 1 saturated heterocycles. The smallest absolute Gasteiger partial charge is 0.245 e. The van der Waals surface area contributed by atoms with E-state index >= 15 is 0 Å². The standard InChI is InChI=1S/C26H24ClN3O4/c1-33-23-12-8-22(9-13-23)30-16-20(14-25(30)31)26(32)29-28-15-18-4-10-24(11-5-18)34-17-19-2-6-21(27)7-3-19/h2-13,15,20H,14,16-17H2,1H3,(H,29,32)/b28-15+/t20-/m1/s1. The van der Waals surface area contributed by atoms with Crippen molar-refractivity contribution in [3.63, 3.8) is 0 Å². The minimum Gasteiger partial charge on any atom is -0.497 e. The molecule has 0 aromatic heterocycles. The summed E-state index contributed by atoms with van der Waals surface area (Å²) in [4.78, 5) is 26.5. The van der Waals surface area contributed by atoms with Gasteiger partial charge in [-0.05, 0) is 71.8 Å². The molecule has 8 heteroatoms. The van der Waals surface area contributed by atoms with E-state index in [0.717, 1.165) is 22.6 Å². The van der Waals surface area contributed by atoms with E-state index in [1.165, 1.54) is 0 Å². The van der Waals surface area contributed by atoms with E-state index in [-0.39, 0.29) is 18.2 Å². The Morgan fingerprint density at radius 3 is 2.41 bits per heavy atom. The molecule has 0 unspecified atom stereocenters. The Kier molecular flexibility index (Phi) is 7.44. The predicted octanol–water partition coefficient (Wildman–Crippen LogP) is 4.43. The maximum Gasteiger partial charge on any atom is 0.245 e. The fourth-order valence-electron chi connectivity index (χ4n) is 3.55. The molecule has 4 rings (SSSR count). The maximum absolute atomic E-state index is 12.5. The van der Waals surface area contributed by atoms with Gasteiger partial charge in [-0.1, -0.05) is 23.7 Å². The average molecular weight is 478 g/mol. The first-order valence-electron chi connectivity index (χ1n) is 10.8. The van der Waals surface area contributed by atoms with Crippen LogP contribution in [0.25, 0.3) is 0 Å². The van der Waals surface area contributed by atoms with E-state index in [9.17, 15) is 9.59 Å². The van der Waals surface area contributed by atoms with Gasteiger partial charge in [-0.2, -0.15) is 5.10 Å². The Morgan fingerprint density at radius 1 is 1.06 bits per heavy atom. The summed E-state index contributed by atoms with van der Waals surface area (Å²) in [7, 11) is 1.59. The lowest BCUT2D eigenvalue weighted by atomic mass is 10.1. The van der Waals surface area contributed by atoms with Crippen LogP contribution in [-0.4, -0.2) is 31.7 Å². The summed E-state index contributed by atoms with van der Waals surface area (Å²) in [6.07, 6.45) is 1.70. The summed E-state index contributed by atoms with van der Waals surface area (Å²) in [5.74, 6) is 0.585. The zero-order valence-electron chi connectivity index (χ0n) is 18.6. The van der Waals surface area contributed by atoms with E-state index in [1.54, 1.807) is 42.5 Å². The van der Waals surface area contributed by atoms with Crippen LogP contribution < -0.4 is 19.8 Å². The van der Waals surface area contributed by atoms with Crippen molar-refractivity contribution in [2.45, 2.75) is 13.0 Å². The molecule has 0 bridgehead atoms. The van der Waals surface area contributed by atoms with Gasteiger partial charge in [0.1, 0.15) is 18.1 Å². The van der Waals surface area contributed by atoms with Gasteiger partial charge in [0.15, 0.2) is 0 Å². The highest BCUT2D eigenvalue weighted by Crippen LogP contribution is 2.27.